The van der Waals surface area contributed by atoms with Gasteiger partial charge in [-0.15, -0.1) is 0 Å². The zero-order valence-corrected chi connectivity index (χ0v) is 20.7. The average molecular weight is 488 g/mol. The van der Waals surface area contributed by atoms with E-state index < -0.39 is 17.7 Å². The molecular formula is C29H29NO6. The minimum Gasteiger partial charge on any atom is -0.507 e. The lowest BCUT2D eigenvalue weighted by Crippen LogP contribution is -2.29. The van der Waals surface area contributed by atoms with Gasteiger partial charge in [0.25, 0.3) is 11.7 Å². The Morgan fingerprint density at radius 2 is 1.81 bits per heavy atom. The molecule has 4 rings (SSSR count). The van der Waals surface area contributed by atoms with Gasteiger partial charge in [-0.1, -0.05) is 42.0 Å². The molecule has 0 saturated carbocycles. The summed E-state index contributed by atoms with van der Waals surface area (Å²) in [5.74, 6) is -1.11. The standard InChI is InChI=1S/C29H29NO6/c1-5-36-24-15-19(11-12-23(24)31)26-25(27(32)20-7-6-8-22(14-20)35-4)28(33)29(34)30(26)16-21-13-17(2)9-10-18(21)3/h6-15,26,31-32H,5,16H2,1-4H3/b27-25-. The fraction of sp³-hybridized carbons (Fsp3) is 0.241. The quantitative estimate of drug-likeness (QED) is 0.275. The Bertz CT molecular complexity index is 1360. The number of phenols is 1. The number of hydrogen-bond donors (Lipinski definition) is 2. The van der Waals surface area contributed by atoms with Crippen molar-refractivity contribution < 1.29 is 29.3 Å². The number of methoxy groups -OCH3 is 1. The monoisotopic (exact) mass is 487 g/mol. The number of aliphatic hydroxyl groups is 1. The number of aromatic hydroxyl groups is 1. The number of carbonyl (C=O) groups is 2. The van der Waals surface area contributed by atoms with E-state index in [1.165, 1.54) is 18.1 Å². The lowest BCUT2D eigenvalue weighted by molar-refractivity contribution is -0.140. The molecule has 7 nitrogen and oxygen atoms in total. The van der Waals surface area contributed by atoms with Crippen LogP contribution in [0.5, 0.6) is 17.2 Å². The summed E-state index contributed by atoms with van der Waals surface area (Å²) in [6.07, 6.45) is 0. The molecule has 1 unspecified atom stereocenters. The van der Waals surface area contributed by atoms with Crippen LogP contribution in [0.1, 0.15) is 40.8 Å². The van der Waals surface area contributed by atoms with Crippen LogP contribution in [0.4, 0.5) is 0 Å². The van der Waals surface area contributed by atoms with Crippen molar-refractivity contribution >= 4 is 17.4 Å². The van der Waals surface area contributed by atoms with Crippen molar-refractivity contribution in [2.45, 2.75) is 33.4 Å². The summed E-state index contributed by atoms with van der Waals surface area (Å²) in [5, 5.41) is 21.6. The molecule has 0 aromatic heterocycles. The molecule has 0 radical (unpaired) electrons. The van der Waals surface area contributed by atoms with Crippen LogP contribution < -0.4 is 9.47 Å². The Labute approximate surface area is 210 Å². The van der Waals surface area contributed by atoms with Gasteiger partial charge >= 0.3 is 0 Å². The number of likely N-dealkylation sites (tertiary alicyclic amines) is 1. The molecule has 3 aromatic rings. The van der Waals surface area contributed by atoms with E-state index in [-0.39, 0.29) is 29.4 Å². The highest BCUT2D eigenvalue weighted by Gasteiger charge is 2.46. The Morgan fingerprint density at radius 3 is 2.53 bits per heavy atom. The summed E-state index contributed by atoms with van der Waals surface area (Å²) in [7, 11) is 1.51. The SMILES string of the molecule is CCOc1cc(C2/C(=C(/O)c3cccc(OC)c3)C(=O)C(=O)N2Cc2cc(C)ccc2C)ccc1O. The van der Waals surface area contributed by atoms with Crippen LogP contribution in [0.3, 0.4) is 0 Å². The van der Waals surface area contributed by atoms with Crippen molar-refractivity contribution in [1.29, 1.82) is 0 Å². The van der Waals surface area contributed by atoms with Crippen LogP contribution in [0.15, 0.2) is 66.2 Å². The number of carbonyl (C=O) groups excluding carboxylic acids is 2. The molecule has 0 aliphatic carbocycles. The van der Waals surface area contributed by atoms with Gasteiger partial charge in [0, 0.05) is 12.1 Å². The van der Waals surface area contributed by atoms with Crippen molar-refractivity contribution in [1.82, 2.24) is 4.90 Å². The van der Waals surface area contributed by atoms with Gasteiger partial charge in [-0.3, -0.25) is 9.59 Å². The highest BCUT2D eigenvalue weighted by Crippen LogP contribution is 2.43. The number of aliphatic hydroxyl groups excluding tert-OH is 1. The van der Waals surface area contributed by atoms with Crippen LogP contribution in [0.25, 0.3) is 5.76 Å². The summed E-state index contributed by atoms with van der Waals surface area (Å²) in [6.45, 7) is 6.20. The topological polar surface area (TPSA) is 96.3 Å². The second-order valence-electron chi connectivity index (χ2n) is 8.75. The summed E-state index contributed by atoms with van der Waals surface area (Å²) in [4.78, 5) is 28.2. The van der Waals surface area contributed by atoms with Crippen LogP contribution in [-0.2, 0) is 16.1 Å². The van der Waals surface area contributed by atoms with Crippen molar-refractivity contribution in [3.63, 3.8) is 0 Å². The van der Waals surface area contributed by atoms with Gasteiger partial charge in [0.05, 0.1) is 25.3 Å². The van der Waals surface area contributed by atoms with Gasteiger partial charge in [-0.2, -0.15) is 0 Å². The number of benzene rings is 3. The molecular weight excluding hydrogens is 458 g/mol. The van der Waals surface area contributed by atoms with Gasteiger partial charge in [0.2, 0.25) is 0 Å². The van der Waals surface area contributed by atoms with Gasteiger partial charge in [0.1, 0.15) is 11.5 Å². The Balaban J connectivity index is 1.91. The fourth-order valence-electron chi connectivity index (χ4n) is 4.44. The highest BCUT2D eigenvalue weighted by atomic mass is 16.5. The predicted molar refractivity (Wildman–Crippen MR) is 136 cm³/mol. The molecule has 3 aromatic carbocycles. The van der Waals surface area contributed by atoms with Gasteiger partial charge in [0.15, 0.2) is 11.5 Å². The molecule has 1 atom stereocenters. The summed E-state index contributed by atoms with van der Waals surface area (Å²) < 4.78 is 10.8. The molecule has 1 fully saturated rings. The second-order valence-corrected chi connectivity index (χ2v) is 8.75. The van der Waals surface area contributed by atoms with E-state index >= 15 is 0 Å². The number of Topliss-reactive ketones (excluding diaryl/α,β-unsaturated/α-hetero) is 1. The fourth-order valence-corrected chi connectivity index (χ4v) is 4.44. The summed E-state index contributed by atoms with van der Waals surface area (Å²) in [6, 6.07) is 16.4. The average Bonchev–Trinajstić information content (AvgIpc) is 3.12. The Morgan fingerprint density at radius 1 is 1.03 bits per heavy atom. The van der Waals surface area contributed by atoms with E-state index in [1.54, 1.807) is 43.3 Å². The van der Waals surface area contributed by atoms with E-state index in [0.29, 0.717) is 23.5 Å². The van der Waals surface area contributed by atoms with Crippen LogP contribution in [0, 0.1) is 13.8 Å². The first-order valence-electron chi connectivity index (χ1n) is 11.7. The van der Waals surface area contributed by atoms with E-state index in [1.807, 2.05) is 32.0 Å². The molecule has 7 heteroatoms. The molecule has 0 bridgehead atoms. The zero-order valence-electron chi connectivity index (χ0n) is 20.7. The number of ketones is 1. The van der Waals surface area contributed by atoms with Crippen LogP contribution >= 0.6 is 0 Å². The Kier molecular flexibility index (Phi) is 7.01. The molecule has 1 aliphatic rings. The molecule has 1 aliphatic heterocycles. The third-order valence-corrected chi connectivity index (χ3v) is 6.33. The van der Waals surface area contributed by atoms with Crippen LogP contribution in [-0.4, -0.2) is 40.5 Å². The first-order chi connectivity index (χ1) is 17.2. The first kappa shape index (κ1) is 24.9. The molecule has 36 heavy (non-hydrogen) atoms. The molecule has 1 amide bonds. The number of ether oxygens (including phenoxy) is 2. The minimum atomic E-state index is -0.893. The third kappa shape index (κ3) is 4.64. The lowest BCUT2D eigenvalue weighted by Gasteiger charge is -2.26. The maximum Gasteiger partial charge on any atom is 0.295 e. The van der Waals surface area contributed by atoms with Crippen LogP contribution in [0.2, 0.25) is 0 Å². The first-order valence-corrected chi connectivity index (χ1v) is 11.7. The van der Waals surface area contributed by atoms with Crippen molar-refractivity contribution in [3.05, 3.63) is 94.1 Å². The van der Waals surface area contributed by atoms with Gasteiger partial charge < -0.3 is 24.6 Å². The number of amides is 1. The molecule has 186 valence electrons. The highest BCUT2D eigenvalue weighted by molar-refractivity contribution is 6.46. The van der Waals surface area contributed by atoms with Crippen molar-refractivity contribution in [2.24, 2.45) is 0 Å². The Hall–Kier alpha value is -4.26. The lowest BCUT2D eigenvalue weighted by atomic mass is 9.94. The smallest absolute Gasteiger partial charge is 0.295 e. The van der Waals surface area contributed by atoms with E-state index in [0.717, 1.165) is 16.7 Å². The maximum atomic E-state index is 13.4. The largest absolute Gasteiger partial charge is 0.507 e. The molecule has 2 N–H and O–H groups in total. The van der Waals surface area contributed by atoms with E-state index in [2.05, 4.69) is 0 Å². The van der Waals surface area contributed by atoms with E-state index in [4.69, 9.17) is 9.47 Å². The normalized spacial score (nSPS) is 16.9. The number of nitrogens with zero attached hydrogens (tertiary/aromatic N) is 1. The molecule has 0 spiro atoms. The number of aryl methyl sites for hydroxylation is 2. The summed E-state index contributed by atoms with van der Waals surface area (Å²) >= 11 is 0. The summed E-state index contributed by atoms with van der Waals surface area (Å²) in [5.41, 5.74) is 3.76. The van der Waals surface area contributed by atoms with E-state index in [9.17, 15) is 19.8 Å². The zero-order chi connectivity index (χ0) is 26.0. The number of phenolic OH excluding ortho intramolecular Hbond substituents is 1. The third-order valence-electron chi connectivity index (χ3n) is 6.33. The van der Waals surface area contributed by atoms with Gasteiger partial charge in [-0.25, -0.2) is 0 Å². The second kappa shape index (κ2) is 10.2. The van der Waals surface area contributed by atoms with Crippen molar-refractivity contribution in [2.75, 3.05) is 13.7 Å². The number of hydrogen-bond acceptors (Lipinski definition) is 6. The molecule has 1 heterocycles. The van der Waals surface area contributed by atoms with Gasteiger partial charge in [-0.05, 0) is 61.7 Å². The maximum absolute atomic E-state index is 13.4. The predicted octanol–water partition coefficient (Wildman–Crippen LogP) is 5.04. The minimum absolute atomic E-state index is 0.0355. The number of rotatable bonds is 7. The molecule has 1 saturated heterocycles. The van der Waals surface area contributed by atoms with Crippen molar-refractivity contribution in [3.8, 4) is 17.2 Å².